The lowest BCUT2D eigenvalue weighted by Crippen LogP contribution is -2.22. The molecule has 2 aromatic rings. The highest BCUT2D eigenvalue weighted by atomic mass is 19.4. The Labute approximate surface area is 118 Å². The number of aromatic nitrogens is 3. The zero-order valence-electron chi connectivity index (χ0n) is 11.1. The summed E-state index contributed by atoms with van der Waals surface area (Å²) in [5.41, 5.74) is 7.43. The van der Waals surface area contributed by atoms with Crippen molar-refractivity contribution in [1.82, 2.24) is 15.2 Å². The normalized spacial score (nSPS) is 12.5. The van der Waals surface area contributed by atoms with Crippen molar-refractivity contribution >= 4 is 11.6 Å². The number of anilines is 1. The first-order chi connectivity index (χ1) is 9.84. The first-order valence-electron chi connectivity index (χ1n) is 5.96. The summed E-state index contributed by atoms with van der Waals surface area (Å²) in [5.74, 6) is -1.17. The Bertz CT molecular complexity index is 646. The zero-order chi connectivity index (χ0) is 15.5. The Morgan fingerprint density at radius 3 is 2.81 bits per heavy atom. The fourth-order valence-electron chi connectivity index (χ4n) is 1.56. The van der Waals surface area contributed by atoms with E-state index in [1.807, 2.05) is 25.1 Å². The first kappa shape index (κ1) is 14.8. The lowest BCUT2D eigenvalue weighted by Gasteiger charge is -2.05. The first-order valence-corrected chi connectivity index (χ1v) is 5.96. The van der Waals surface area contributed by atoms with Gasteiger partial charge in [0.25, 0.3) is 5.82 Å². The third-order valence-electron chi connectivity index (χ3n) is 2.47. The van der Waals surface area contributed by atoms with Crippen LogP contribution in [-0.4, -0.2) is 21.1 Å². The summed E-state index contributed by atoms with van der Waals surface area (Å²) in [7, 11) is 0. The van der Waals surface area contributed by atoms with Crippen LogP contribution in [0.5, 0.6) is 0 Å². The van der Waals surface area contributed by atoms with Gasteiger partial charge < -0.3 is 11.1 Å². The molecule has 0 spiro atoms. The van der Waals surface area contributed by atoms with Crippen molar-refractivity contribution in [2.45, 2.75) is 19.6 Å². The minimum Gasteiger partial charge on any atom is -0.370 e. The molecule has 9 heteroatoms. The van der Waals surface area contributed by atoms with Crippen molar-refractivity contribution in [2.75, 3.05) is 5.32 Å². The molecule has 1 heterocycles. The smallest absolute Gasteiger partial charge is 0.370 e. The molecular weight excluding hydrogens is 285 g/mol. The fourth-order valence-corrected chi connectivity index (χ4v) is 1.56. The Balaban J connectivity index is 1.99. The van der Waals surface area contributed by atoms with Crippen LogP contribution in [0.2, 0.25) is 0 Å². The van der Waals surface area contributed by atoms with Gasteiger partial charge in [0.2, 0.25) is 0 Å². The summed E-state index contributed by atoms with van der Waals surface area (Å²) in [6, 6.07) is 7.42. The number of H-pyrrole nitrogens is 1. The van der Waals surface area contributed by atoms with Gasteiger partial charge in [0, 0.05) is 5.69 Å². The van der Waals surface area contributed by atoms with Gasteiger partial charge in [-0.15, -0.1) is 5.10 Å². The summed E-state index contributed by atoms with van der Waals surface area (Å²) < 4.78 is 36.9. The second-order valence-corrected chi connectivity index (χ2v) is 4.30. The van der Waals surface area contributed by atoms with Crippen LogP contribution >= 0.6 is 0 Å². The minimum atomic E-state index is -4.58. The molecule has 0 aliphatic heterocycles. The molecule has 0 unspecified atom stereocenters. The molecule has 0 aliphatic rings. The molecule has 0 radical (unpaired) electrons. The van der Waals surface area contributed by atoms with Crippen molar-refractivity contribution in [3.8, 4) is 0 Å². The standard InChI is InChI=1S/C12H13F3N6/c1-7-3-2-4-8(5-7)18-11(16)17-6-9-19-10(21-20-9)12(13,14)15/h2-5H,6H2,1H3,(H3,16,17,18)(H,19,20,21). The van der Waals surface area contributed by atoms with Crippen LogP contribution < -0.4 is 11.1 Å². The third-order valence-corrected chi connectivity index (χ3v) is 2.47. The second kappa shape index (κ2) is 5.81. The molecule has 0 amide bonds. The zero-order valence-corrected chi connectivity index (χ0v) is 11.1. The Hall–Kier alpha value is -2.58. The van der Waals surface area contributed by atoms with Crippen molar-refractivity contribution in [2.24, 2.45) is 10.7 Å². The van der Waals surface area contributed by atoms with E-state index in [0.29, 0.717) is 0 Å². The van der Waals surface area contributed by atoms with Crippen LogP contribution in [-0.2, 0) is 12.7 Å². The molecule has 4 N–H and O–H groups in total. The van der Waals surface area contributed by atoms with Crippen LogP contribution in [0.15, 0.2) is 29.3 Å². The van der Waals surface area contributed by atoms with E-state index in [-0.39, 0.29) is 18.3 Å². The number of hydrogen-bond acceptors (Lipinski definition) is 3. The Morgan fingerprint density at radius 2 is 2.19 bits per heavy atom. The molecule has 6 nitrogen and oxygen atoms in total. The van der Waals surface area contributed by atoms with Gasteiger partial charge in [0.15, 0.2) is 5.96 Å². The van der Waals surface area contributed by atoms with E-state index in [2.05, 4.69) is 25.5 Å². The number of aliphatic imine (C=N–C) groups is 1. The molecule has 0 bridgehead atoms. The van der Waals surface area contributed by atoms with E-state index < -0.39 is 12.0 Å². The number of nitrogens with zero attached hydrogens (tertiary/aromatic N) is 3. The molecule has 1 aromatic heterocycles. The SMILES string of the molecule is Cc1cccc(NC(N)=NCc2nc(C(F)(F)F)n[nH]2)c1. The summed E-state index contributed by atoms with van der Waals surface area (Å²) in [6.45, 7) is 1.79. The number of hydrogen-bond donors (Lipinski definition) is 3. The predicted molar refractivity (Wildman–Crippen MR) is 71.5 cm³/mol. The van der Waals surface area contributed by atoms with Crippen LogP contribution in [0.25, 0.3) is 0 Å². The average Bonchev–Trinajstić information content (AvgIpc) is 2.85. The van der Waals surface area contributed by atoms with Crippen molar-refractivity contribution in [3.05, 3.63) is 41.5 Å². The number of guanidine groups is 1. The van der Waals surface area contributed by atoms with Gasteiger partial charge >= 0.3 is 6.18 Å². The monoisotopic (exact) mass is 298 g/mol. The fraction of sp³-hybridized carbons (Fsp3) is 0.250. The van der Waals surface area contributed by atoms with Gasteiger partial charge in [0.1, 0.15) is 12.4 Å². The second-order valence-electron chi connectivity index (χ2n) is 4.30. The van der Waals surface area contributed by atoms with Crippen molar-refractivity contribution in [3.63, 3.8) is 0 Å². The maximum absolute atomic E-state index is 12.3. The Morgan fingerprint density at radius 1 is 1.43 bits per heavy atom. The summed E-state index contributed by atoms with van der Waals surface area (Å²) >= 11 is 0. The molecule has 0 aliphatic carbocycles. The van der Waals surface area contributed by atoms with Crippen LogP contribution in [0.3, 0.4) is 0 Å². The third kappa shape index (κ3) is 4.20. The average molecular weight is 298 g/mol. The quantitative estimate of drug-likeness (QED) is 0.597. The highest BCUT2D eigenvalue weighted by molar-refractivity contribution is 5.92. The van der Waals surface area contributed by atoms with Crippen molar-refractivity contribution < 1.29 is 13.2 Å². The topological polar surface area (TPSA) is 92.0 Å². The van der Waals surface area contributed by atoms with Gasteiger partial charge in [-0.3, -0.25) is 5.10 Å². The minimum absolute atomic E-state index is 0.0173. The van der Waals surface area contributed by atoms with E-state index in [1.54, 1.807) is 6.07 Å². The Kier molecular flexibility index (Phi) is 4.10. The van der Waals surface area contributed by atoms with Gasteiger partial charge in [-0.1, -0.05) is 12.1 Å². The molecular formula is C12H13F3N6. The van der Waals surface area contributed by atoms with Crippen LogP contribution in [0.4, 0.5) is 18.9 Å². The molecule has 0 fully saturated rings. The lowest BCUT2D eigenvalue weighted by molar-refractivity contribution is -0.144. The highest BCUT2D eigenvalue weighted by Crippen LogP contribution is 2.25. The molecule has 112 valence electrons. The number of nitrogens with one attached hydrogen (secondary N) is 2. The van der Waals surface area contributed by atoms with E-state index in [9.17, 15) is 13.2 Å². The molecule has 1 aromatic carbocycles. The number of aromatic amines is 1. The van der Waals surface area contributed by atoms with Crippen LogP contribution in [0.1, 0.15) is 17.2 Å². The number of rotatable bonds is 3. The van der Waals surface area contributed by atoms with Crippen LogP contribution in [0, 0.1) is 6.92 Å². The highest BCUT2D eigenvalue weighted by Gasteiger charge is 2.35. The van der Waals surface area contributed by atoms with Gasteiger partial charge in [0.05, 0.1) is 0 Å². The molecule has 0 saturated heterocycles. The molecule has 2 rings (SSSR count). The van der Waals surface area contributed by atoms with E-state index in [4.69, 9.17) is 5.73 Å². The summed E-state index contributed by atoms with van der Waals surface area (Å²) in [5, 5.41) is 8.07. The van der Waals surface area contributed by atoms with Gasteiger partial charge in [-0.25, -0.2) is 9.98 Å². The maximum Gasteiger partial charge on any atom is 0.453 e. The number of aryl methyl sites for hydroxylation is 1. The molecule has 0 saturated carbocycles. The maximum atomic E-state index is 12.3. The number of benzene rings is 1. The predicted octanol–water partition coefficient (Wildman–Crippen LogP) is 2.06. The van der Waals surface area contributed by atoms with Crippen molar-refractivity contribution in [1.29, 1.82) is 0 Å². The van der Waals surface area contributed by atoms with Gasteiger partial charge in [-0.2, -0.15) is 13.2 Å². The summed E-state index contributed by atoms with van der Waals surface area (Å²) in [6.07, 6.45) is -4.58. The summed E-state index contributed by atoms with van der Waals surface area (Å²) in [4.78, 5) is 7.19. The van der Waals surface area contributed by atoms with E-state index in [0.717, 1.165) is 11.3 Å². The number of halogens is 3. The largest absolute Gasteiger partial charge is 0.453 e. The van der Waals surface area contributed by atoms with Gasteiger partial charge in [-0.05, 0) is 24.6 Å². The number of nitrogens with two attached hydrogens (primary N) is 1. The molecule has 21 heavy (non-hydrogen) atoms. The number of alkyl halides is 3. The lowest BCUT2D eigenvalue weighted by atomic mass is 10.2. The van der Waals surface area contributed by atoms with E-state index >= 15 is 0 Å². The van der Waals surface area contributed by atoms with E-state index in [1.165, 1.54) is 0 Å². The molecule has 0 atom stereocenters.